The molecule has 0 aliphatic heterocycles. The lowest BCUT2D eigenvalue weighted by molar-refractivity contribution is 0.630. The fraction of sp³-hybridized carbons (Fsp3) is 0.0714. The minimum atomic E-state index is -0.322. The normalized spacial score (nSPS) is 11.0. The topological polar surface area (TPSA) is 12.4 Å². The summed E-state index contributed by atoms with van der Waals surface area (Å²) in [4.78, 5) is 5.00. The zero-order valence-corrected chi connectivity index (χ0v) is 10.3. The highest BCUT2D eigenvalue weighted by Gasteiger charge is 2.00. The van der Waals surface area contributed by atoms with E-state index in [4.69, 9.17) is 0 Å². The van der Waals surface area contributed by atoms with Gasteiger partial charge in [-0.3, -0.25) is 4.99 Å². The first-order chi connectivity index (χ1) is 8.18. The molecule has 0 aromatic heterocycles. The van der Waals surface area contributed by atoms with Gasteiger partial charge in [-0.2, -0.15) is 0 Å². The Labute approximate surface area is 105 Å². The predicted octanol–water partition coefficient (Wildman–Crippen LogP) is 4.17. The van der Waals surface area contributed by atoms with Crippen LogP contribution in [-0.2, 0) is 0 Å². The summed E-state index contributed by atoms with van der Waals surface area (Å²) in [7, 11) is 0. The number of aliphatic imine (C=N–C) groups is 1. The Hall–Kier alpha value is -1.61. The van der Waals surface area contributed by atoms with Gasteiger partial charge in [-0.15, -0.1) is 12.6 Å². The van der Waals surface area contributed by atoms with Crippen LogP contribution in [0.5, 0.6) is 0 Å². The third-order valence-electron chi connectivity index (χ3n) is 2.46. The summed E-state index contributed by atoms with van der Waals surface area (Å²) in [6, 6.07) is 12.2. The fourth-order valence-electron chi connectivity index (χ4n) is 1.48. The maximum atomic E-state index is 13.3. The molecule has 0 saturated carbocycles. The van der Waals surface area contributed by atoms with Crippen LogP contribution < -0.4 is 0 Å². The Morgan fingerprint density at radius 1 is 1.12 bits per heavy atom. The number of aryl methyl sites for hydroxylation is 1. The molecule has 0 N–H and O–H groups in total. The standard InChI is InChI=1S/C14H12FNS/c1-10-5-4-6-11(14(10)17)9-16-13-8-3-2-7-12(13)15/h2-9,17H,1H3. The number of halogens is 1. The second-order valence-electron chi connectivity index (χ2n) is 3.72. The smallest absolute Gasteiger partial charge is 0.148 e. The van der Waals surface area contributed by atoms with Gasteiger partial charge >= 0.3 is 0 Å². The molecular weight excluding hydrogens is 233 g/mol. The lowest BCUT2D eigenvalue weighted by Crippen LogP contribution is -1.87. The summed E-state index contributed by atoms with van der Waals surface area (Å²) in [5.74, 6) is -0.322. The van der Waals surface area contributed by atoms with E-state index in [1.54, 1.807) is 24.4 Å². The minimum absolute atomic E-state index is 0.322. The van der Waals surface area contributed by atoms with Crippen molar-refractivity contribution < 1.29 is 4.39 Å². The van der Waals surface area contributed by atoms with Crippen molar-refractivity contribution in [2.75, 3.05) is 0 Å². The molecule has 0 aliphatic rings. The number of benzene rings is 2. The van der Waals surface area contributed by atoms with Gasteiger partial charge in [0.1, 0.15) is 5.82 Å². The molecule has 0 radical (unpaired) electrons. The number of thiol groups is 1. The van der Waals surface area contributed by atoms with Crippen LogP contribution in [-0.4, -0.2) is 6.21 Å². The van der Waals surface area contributed by atoms with E-state index in [1.165, 1.54) is 6.07 Å². The molecule has 2 aromatic carbocycles. The number of rotatable bonds is 2. The van der Waals surface area contributed by atoms with Crippen molar-refractivity contribution in [3.05, 3.63) is 59.4 Å². The van der Waals surface area contributed by atoms with Crippen molar-refractivity contribution in [1.29, 1.82) is 0 Å². The molecule has 0 fully saturated rings. The van der Waals surface area contributed by atoms with Gasteiger partial charge in [-0.1, -0.05) is 30.3 Å². The maximum absolute atomic E-state index is 13.3. The van der Waals surface area contributed by atoms with E-state index in [0.717, 1.165) is 16.0 Å². The Morgan fingerprint density at radius 3 is 2.65 bits per heavy atom. The molecule has 0 heterocycles. The van der Waals surface area contributed by atoms with E-state index in [2.05, 4.69) is 17.6 Å². The lowest BCUT2D eigenvalue weighted by Gasteiger charge is -2.02. The average Bonchev–Trinajstić information content (AvgIpc) is 2.33. The van der Waals surface area contributed by atoms with Crippen molar-refractivity contribution >= 4 is 24.5 Å². The Balaban J connectivity index is 2.33. The highest BCUT2D eigenvalue weighted by molar-refractivity contribution is 7.80. The Kier molecular flexibility index (Phi) is 3.59. The summed E-state index contributed by atoms with van der Waals surface area (Å²) >= 11 is 4.40. The highest BCUT2D eigenvalue weighted by atomic mass is 32.1. The molecule has 17 heavy (non-hydrogen) atoms. The van der Waals surface area contributed by atoms with Crippen LogP contribution in [0.4, 0.5) is 10.1 Å². The molecule has 2 aromatic rings. The zero-order valence-electron chi connectivity index (χ0n) is 9.39. The van der Waals surface area contributed by atoms with E-state index in [0.29, 0.717) is 5.69 Å². The highest BCUT2D eigenvalue weighted by Crippen LogP contribution is 2.19. The monoisotopic (exact) mass is 245 g/mol. The van der Waals surface area contributed by atoms with Crippen LogP contribution in [0.15, 0.2) is 52.4 Å². The average molecular weight is 245 g/mol. The summed E-state index contributed by atoms with van der Waals surface area (Å²) in [6.07, 6.45) is 1.63. The molecule has 0 spiro atoms. The molecule has 0 aliphatic carbocycles. The Bertz CT molecular complexity index is 564. The minimum Gasteiger partial charge on any atom is -0.253 e. The molecule has 0 bridgehead atoms. The van der Waals surface area contributed by atoms with Crippen molar-refractivity contribution in [2.45, 2.75) is 11.8 Å². The van der Waals surface area contributed by atoms with Crippen LogP contribution in [0.1, 0.15) is 11.1 Å². The van der Waals surface area contributed by atoms with Gasteiger partial charge in [0.25, 0.3) is 0 Å². The van der Waals surface area contributed by atoms with Gasteiger partial charge in [0.2, 0.25) is 0 Å². The van der Waals surface area contributed by atoms with Gasteiger partial charge < -0.3 is 0 Å². The first-order valence-corrected chi connectivity index (χ1v) is 5.70. The molecule has 3 heteroatoms. The van der Waals surface area contributed by atoms with Crippen molar-refractivity contribution in [3.8, 4) is 0 Å². The SMILES string of the molecule is Cc1cccc(C=Nc2ccccc2F)c1S. The van der Waals surface area contributed by atoms with E-state index in [9.17, 15) is 4.39 Å². The van der Waals surface area contributed by atoms with Gasteiger partial charge in [0.15, 0.2) is 0 Å². The first kappa shape index (κ1) is 11.9. The molecule has 0 amide bonds. The second-order valence-corrected chi connectivity index (χ2v) is 4.17. The van der Waals surface area contributed by atoms with Crippen molar-refractivity contribution in [3.63, 3.8) is 0 Å². The molecule has 0 atom stereocenters. The number of hydrogen-bond acceptors (Lipinski definition) is 2. The maximum Gasteiger partial charge on any atom is 0.148 e. The van der Waals surface area contributed by atoms with E-state index in [-0.39, 0.29) is 5.82 Å². The second kappa shape index (κ2) is 5.15. The third-order valence-corrected chi connectivity index (χ3v) is 3.08. The number of para-hydroxylation sites is 1. The molecule has 0 unspecified atom stereocenters. The van der Waals surface area contributed by atoms with Gasteiger partial charge in [-0.05, 0) is 24.6 Å². The van der Waals surface area contributed by atoms with Crippen LogP contribution in [0.2, 0.25) is 0 Å². The quantitative estimate of drug-likeness (QED) is 0.602. The van der Waals surface area contributed by atoms with Crippen LogP contribution in [0.3, 0.4) is 0 Å². The van der Waals surface area contributed by atoms with Crippen LogP contribution in [0, 0.1) is 12.7 Å². The number of hydrogen-bond donors (Lipinski definition) is 1. The lowest BCUT2D eigenvalue weighted by atomic mass is 10.1. The fourth-order valence-corrected chi connectivity index (χ4v) is 1.69. The van der Waals surface area contributed by atoms with E-state index >= 15 is 0 Å². The van der Waals surface area contributed by atoms with Gasteiger partial charge in [-0.25, -0.2) is 4.39 Å². The van der Waals surface area contributed by atoms with Gasteiger partial charge in [0.05, 0.1) is 5.69 Å². The Morgan fingerprint density at radius 2 is 1.88 bits per heavy atom. The third kappa shape index (κ3) is 2.74. The van der Waals surface area contributed by atoms with E-state index < -0.39 is 0 Å². The molecule has 0 saturated heterocycles. The zero-order chi connectivity index (χ0) is 12.3. The first-order valence-electron chi connectivity index (χ1n) is 5.25. The van der Waals surface area contributed by atoms with Crippen molar-refractivity contribution in [1.82, 2.24) is 0 Å². The van der Waals surface area contributed by atoms with Gasteiger partial charge in [0, 0.05) is 16.7 Å². The summed E-state index contributed by atoms with van der Waals surface area (Å²) < 4.78 is 13.3. The molecule has 1 nitrogen and oxygen atoms in total. The molecular formula is C14H12FNS. The largest absolute Gasteiger partial charge is 0.253 e. The molecule has 2 rings (SSSR count). The van der Waals surface area contributed by atoms with Crippen molar-refractivity contribution in [2.24, 2.45) is 4.99 Å². The van der Waals surface area contributed by atoms with Crippen LogP contribution in [0.25, 0.3) is 0 Å². The van der Waals surface area contributed by atoms with Crippen LogP contribution >= 0.6 is 12.6 Å². The summed E-state index contributed by atoms with van der Waals surface area (Å²) in [6.45, 7) is 1.97. The summed E-state index contributed by atoms with van der Waals surface area (Å²) in [5.41, 5.74) is 2.30. The van der Waals surface area contributed by atoms with E-state index in [1.807, 2.05) is 25.1 Å². The summed E-state index contributed by atoms with van der Waals surface area (Å²) in [5, 5.41) is 0. The molecule has 86 valence electrons. The predicted molar refractivity (Wildman–Crippen MR) is 72.1 cm³/mol. The number of nitrogens with zero attached hydrogens (tertiary/aromatic N) is 1.